The van der Waals surface area contributed by atoms with Gasteiger partial charge in [-0.3, -0.25) is 4.79 Å². The molecule has 0 saturated carbocycles. The predicted molar refractivity (Wildman–Crippen MR) is 91.6 cm³/mol. The molecule has 118 valence electrons. The number of benzene rings is 2. The highest BCUT2D eigenvalue weighted by Crippen LogP contribution is 2.22. The number of nitrogens with one attached hydrogen (secondary N) is 2. The summed E-state index contributed by atoms with van der Waals surface area (Å²) in [6.45, 7) is 2.00. The number of aryl methyl sites for hydroxylation is 1. The molecule has 1 heterocycles. The van der Waals surface area contributed by atoms with E-state index in [2.05, 4.69) is 15.3 Å². The standard InChI is InChI=1S/C16H13ClFN3OS/c1-9-2-4-13-14(6-9)21-16(20-13)23-8-15(22)19-12-5-3-10(17)7-11(12)18/h2-7H,8H2,1H3,(H,19,22)(H,20,21). The highest BCUT2D eigenvalue weighted by atomic mass is 35.5. The zero-order chi connectivity index (χ0) is 16.4. The number of hydrogen-bond acceptors (Lipinski definition) is 3. The zero-order valence-corrected chi connectivity index (χ0v) is 13.8. The van der Waals surface area contributed by atoms with Gasteiger partial charge in [0.2, 0.25) is 5.91 Å². The molecule has 0 aliphatic carbocycles. The Kier molecular flexibility index (Phi) is 4.54. The van der Waals surface area contributed by atoms with Gasteiger partial charge in [0.1, 0.15) is 5.82 Å². The number of imidazole rings is 1. The molecule has 3 rings (SSSR count). The van der Waals surface area contributed by atoms with Gasteiger partial charge in [-0.05, 0) is 42.8 Å². The summed E-state index contributed by atoms with van der Waals surface area (Å²) in [6.07, 6.45) is 0. The molecule has 4 nitrogen and oxygen atoms in total. The molecule has 0 spiro atoms. The Hall–Kier alpha value is -2.05. The van der Waals surface area contributed by atoms with Crippen molar-refractivity contribution in [2.45, 2.75) is 12.1 Å². The van der Waals surface area contributed by atoms with Gasteiger partial charge in [-0.2, -0.15) is 0 Å². The van der Waals surface area contributed by atoms with Gasteiger partial charge in [-0.1, -0.05) is 29.4 Å². The Labute approximate surface area is 141 Å². The molecule has 0 fully saturated rings. The molecule has 0 bridgehead atoms. The molecule has 0 atom stereocenters. The quantitative estimate of drug-likeness (QED) is 0.686. The Morgan fingerprint density at radius 2 is 2.17 bits per heavy atom. The van der Waals surface area contributed by atoms with E-state index in [-0.39, 0.29) is 22.4 Å². The van der Waals surface area contributed by atoms with E-state index in [1.165, 1.54) is 23.9 Å². The Balaban J connectivity index is 1.63. The van der Waals surface area contributed by atoms with Gasteiger partial charge in [0.15, 0.2) is 5.16 Å². The van der Waals surface area contributed by atoms with Crippen LogP contribution in [0, 0.1) is 12.7 Å². The number of thioether (sulfide) groups is 1. The van der Waals surface area contributed by atoms with Crippen molar-refractivity contribution in [3.05, 3.63) is 52.8 Å². The van der Waals surface area contributed by atoms with E-state index in [4.69, 9.17) is 11.6 Å². The minimum absolute atomic E-state index is 0.111. The predicted octanol–water partition coefficient (Wildman–Crippen LogP) is 4.39. The molecule has 3 aromatic rings. The number of amides is 1. The van der Waals surface area contributed by atoms with Crippen molar-refractivity contribution in [2.24, 2.45) is 0 Å². The summed E-state index contributed by atoms with van der Waals surface area (Å²) in [5.41, 5.74) is 3.02. The fraction of sp³-hybridized carbons (Fsp3) is 0.125. The minimum Gasteiger partial charge on any atom is -0.333 e. The second kappa shape index (κ2) is 6.60. The molecule has 0 aliphatic heterocycles. The molecule has 1 aromatic heterocycles. The first kappa shape index (κ1) is 15.8. The van der Waals surface area contributed by atoms with Crippen molar-refractivity contribution in [2.75, 3.05) is 11.1 Å². The number of carbonyl (C=O) groups excluding carboxylic acids is 1. The fourth-order valence-electron chi connectivity index (χ4n) is 2.08. The van der Waals surface area contributed by atoms with Crippen molar-refractivity contribution in [1.82, 2.24) is 9.97 Å². The van der Waals surface area contributed by atoms with E-state index in [9.17, 15) is 9.18 Å². The number of aromatic amines is 1. The highest BCUT2D eigenvalue weighted by Gasteiger charge is 2.10. The molecule has 0 unspecified atom stereocenters. The first-order chi connectivity index (χ1) is 11.0. The molecule has 2 aromatic carbocycles. The van der Waals surface area contributed by atoms with Gasteiger partial charge in [0, 0.05) is 5.02 Å². The summed E-state index contributed by atoms with van der Waals surface area (Å²) in [6, 6.07) is 10.0. The number of fused-ring (bicyclic) bond motifs is 1. The van der Waals surface area contributed by atoms with Crippen LogP contribution in [0.5, 0.6) is 0 Å². The highest BCUT2D eigenvalue weighted by molar-refractivity contribution is 7.99. The van der Waals surface area contributed by atoms with Gasteiger partial charge in [-0.15, -0.1) is 0 Å². The topological polar surface area (TPSA) is 57.8 Å². The Bertz CT molecular complexity index is 881. The van der Waals surface area contributed by atoms with Crippen LogP contribution in [0.2, 0.25) is 5.02 Å². The summed E-state index contributed by atoms with van der Waals surface area (Å²) in [5.74, 6) is -0.746. The van der Waals surface area contributed by atoms with E-state index in [0.29, 0.717) is 5.16 Å². The number of nitrogens with zero attached hydrogens (tertiary/aromatic N) is 1. The Morgan fingerprint density at radius 1 is 1.35 bits per heavy atom. The molecule has 0 aliphatic rings. The molecule has 0 saturated heterocycles. The summed E-state index contributed by atoms with van der Waals surface area (Å²) in [5, 5.41) is 3.45. The summed E-state index contributed by atoms with van der Waals surface area (Å²) in [7, 11) is 0. The van der Waals surface area contributed by atoms with E-state index >= 15 is 0 Å². The normalized spacial score (nSPS) is 10.9. The van der Waals surface area contributed by atoms with E-state index in [1.807, 2.05) is 25.1 Å². The van der Waals surface area contributed by atoms with Crippen LogP contribution in [0.4, 0.5) is 10.1 Å². The van der Waals surface area contributed by atoms with Crippen LogP contribution in [-0.4, -0.2) is 21.6 Å². The molecular formula is C16H13ClFN3OS. The molecular weight excluding hydrogens is 337 g/mol. The van der Waals surface area contributed by atoms with Crippen molar-refractivity contribution in [3.63, 3.8) is 0 Å². The third-order valence-corrected chi connectivity index (χ3v) is 4.27. The van der Waals surface area contributed by atoms with E-state index in [1.54, 1.807) is 0 Å². The summed E-state index contributed by atoms with van der Waals surface area (Å²) in [4.78, 5) is 19.5. The molecule has 23 heavy (non-hydrogen) atoms. The Morgan fingerprint density at radius 3 is 2.96 bits per heavy atom. The zero-order valence-electron chi connectivity index (χ0n) is 12.2. The largest absolute Gasteiger partial charge is 0.333 e. The van der Waals surface area contributed by atoms with E-state index < -0.39 is 5.82 Å². The lowest BCUT2D eigenvalue weighted by atomic mass is 10.2. The lowest BCUT2D eigenvalue weighted by Gasteiger charge is -2.05. The van der Waals surface area contributed by atoms with Crippen molar-refractivity contribution < 1.29 is 9.18 Å². The molecule has 7 heteroatoms. The van der Waals surface area contributed by atoms with Crippen molar-refractivity contribution in [3.8, 4) is 0 Å². The van der Waals surface area contributed by atoms with Crippen LogP contribution in [0.15, 0.2) is 41.6 Å². The average molecular weight is 350 g/mol. The number of anilines is 1. The monoisotopic (exact) mass is 349 g/mol. The minimum atomic E-state index is -0.560. The maximum absolute atomic E-state index is 13.6. The van der Waals surface area contributed by atoms with Crippen LogP contribution in [0.25, 0.3) is 11.0 Å². The van der Waals surface area contributed by atoms with Gasteiger partial charge in [-0.25, -0.2) is 9.37 Å². The number of H-pyrrole nitrogens is 1. The van der Waals surface area contributed by atoms with Crippen LogP contribution in [0.3, 0.4) is 0 Å². The summed E-state index contributed by atoms with van der Waals surface area (Å²) >= 11 is 6.94. The van der Waals surface area contributed by atoms with Crippen LogP contribution in [-0.2, 0) is 4.79 Å². The first-order valence-corrected chi connectivity index (χ1v) is 8.22. The van der Waals surface area contributed by atoms with Crippen LogP contribution >= 0.6 is 23.4 Å². The van der Waals surface area contributed by atoms with Crippen LogP contribution in [0.1, 0.15) is 5.56 Å². The molecule has 0 radical (unpaired) electrons. The molecule has 1 amide bonds. The second-order valence-corrected chi connectivity index (χ2v) is 6.42. The van der Waals surface area contributed by atoms with Gasteiger partial charge in [0.05, 0.1) is 22.5 Å². The van der Waals surface area contributed by atoms with Gasteiger partial charge >= 0.3 is 0 Å². The third-order valence-electron chi connectivity index (χ3n) is 3.16. The maximum atomic E-state index is 13.6. The smallest absolute Gasteiger partial charge is 0.234 e. The number of hydrogen-bond donors (Lipinski definition) is 2. The average Bonchev–Trinajstić information content (AvgIpc) is 2.90. The number of carbonyl (C=O) groups is 1. The van der Waals surface area contributed by atoms with E-state index in [0.717, 1.165) is 22.7 Å². The summed E-state index contributed by atoms with van der Waals surface area (Å²) < 4.78 is 13.6. The third kappa shape index (κ3) is 3.83. The van der Waals surface area contributed by atoms with Gasteiger partial charge in [0.25, 0.3) is 0 Å². The van der Waals surface area contributed by atoms with Crippen LogP contribution < -0.4 is 5.32 Å². The van der Waals surface area contributed by atoms with Crippen molar-refractivity contribution in [1.29, 1.82) is 0 Å². The lowest BCUT2D eigenvalue weighted by Crippen LogP contribution is -2.15. The maximum Gasteiger partial charge on any atom is 0.234 e. The fourth-order valence-corrected chi connectivity index (χ4v) is 2.92. The SMILES string of the molecule is Cc1ccc2nc(SCC(=O)Nc3ccc(Cl)cc3F)[nH]c2c1. The molecule has 2 N–H and O–H groups in total. The first-order valence-electron chi connectivity index (χ1n) is 6.85. The van der Waals surface area contributed by atoms with Gasteiger partial charge < -0.3 is 10.3 Å². The number of rotatable bonds is 4. The lowest BCUT2D eigenvalue weighted by molar-refractivity contribution is -0.113. The number of aromatic nitrogens is 2. The number of halogens is 2. The second-order valence-electron chi connectivity index (χ2n) is 5.02. The van der Waals surface area contributed by atoms with Crippen molar-refractivity contribution >= 4 is 46.0 Å².